The van der Waals surface area contributed by atoms with Crippen LogP contribution in [-0.4, -0.2) is 18.6 Å². The topological polar surface area (TPSA) is 48.7 Å². The Morgan fingerprint density at radius 2 is 2.47 bits per heavy atom. The Morgan fingerprint density at radius 3 is 3.13 bits per heavy atom. The molecule has 0 fully saturated rings. The average molecular weight is 222 g/mol. The summed E-state index contributed by atoms with van der Waals surface area (Å²) in [5, 5.41) is 12.2. The molecule has 0 bridgehead atoms. The van der Waals surface area contributed by atoms with E-state index < -0.39 is 0 Å². The summed E-state index contributed by atoms with van der Waals surface area (Å²) in [6.45, 7) is 0.916. The fourth-order valence-electron chi connectivity index (χ4n) is 1.08. The molecule has 1 heterocycles. The molecule has 0 spiro atoms. The van der Waals surface area contributed by atoms with Crippen molar-refractivity contribution < 1.29 is 0 Å². The summed E-state index contributed by atoms with van der Waals surface area (Å²) < 4.78 is 0. The van der Waals surface area contributed by atoms with Crippen LogP contribution in [0.25, 0.3) is 6.08 Å². The molecule has 0 amide bonds. The molecule has 0 aliphatic rings. The minimum atomic E-state index is 0.426. The fourth-order valence-corrected chi connectivity index (χ4v) is 1.25. The molecular weight excluding hydrogens is 210 g/mol. The Balaban J connectivity index is 2.76. The Kier molecular flexibility index (Phi) is 4.82. The van der Waals surface area contributed by atoms with Gasteiger partial charge in [0.1, 0.15) is 11.2 Å². The molecule has 4 heteroatoms. The lowest BCUT2D eigenvalue weighted by molar-refractivity contribution is 0.809. The van der Waals surface area contributed by atoms with Crippen molar-refractivity contribution in [2.75, 3.05) is 13.6 Å². The number of nitrogens with one attached hydrogen (secondary N) is 1. The van der Waals surface area contributed by atoms with Crippen LogP contribution in [-0.2, 0) is 0 Å². The third-order valence-corrected chi connectivity index (χ3v) is 2.17. The van der Waals surface area contributed by atoms with Gasteiger partial charge in [0.15, 0.2) is 0 Å². The predicted molar refractivity (Wildman–Crippen MR) is 61.5 cm³/mol. The summed E-state index contributed by atoms with van der Waals surface area (Å²) in [5.74, 6) is 0. The summed E-state index contributed by atoms with van der Waals surface area (Å²) in [5.41, 5.74) is 1.31. The van der Waals surface area contributed by atoms with Crippen LogP contribution in [0.2, 0.25) is 5.15 Å². The van der Waals surface area contributed by atoms with E-state index in [-0.39, 0.29) is 0 Å². The third-order valence-electron chi connectivity index (χ3n) is 1.85. The van der Waals surface area contributed by atoms with Crippen LogP contribution >= 0.6 is 11.6 Å². The van der Waals surface area contributed by atoms with E-state index in [1.165, 1.54) is 6.20 Å². The van der Waals surface area contributed by atoms with Gasteiger partial charge in [-0.25, -0.2) is 4.98 Å². The van der Waals surface area contributed by atoms with Crippen LogP contribution in [0.5, 0.6) is 0 Å². The smallest absolute Gasteiger partial charge is 0.136 e. The highest BCUT2D eigenvalue weighted by Gasteiger charge is 1.99. The zero-order chi connectivity index (χ0) is 11.1. The molecule has 15 heavy (non-hydrogen) atoms. The van der Waals surface area contributed by atoms with Crippen molar-refractivity contribution in [3.8, 4) is 6.07 Å². The van der Waals surface area contributed by atoms with Gasteiger partial charge in [0, 0.05) is 11.8 Å². The molecule has 78 valence electrons. The predicted octanol–water partition coefficient (Wildman–Crippen LogP) is 2.23. The maximum Gasteiger partial charge on any atom is 0.136 e. The number of nitriles is 1. The van der Waals surface area contributed by atoms with Gasteiger partial charge in [0.05, 0.1) is 5.56 Å². The van der Waals surface area contributed by atoms with Gasteiger partial charge < -0.3 is 5.32 Å². The first-order valence-electron chi connectivity index (χ1n) is 4.64. The van der Waals surface area contributed by atoms with Crippen molar-refractivity contribution in [3.63, 3.8) is 0 Å². The van der Waals surface area contributed by atoms with Crippen LogP contribution < -0.4 is 5.32 Å². The van der Waals surface area contributed by atoms with E-state index in [9.17, 15) is 0 Å². The van der Waals surface area contributed by atoms with Crippen LogP contribution in [0.15, 0.2) is 18.3 Å². The van der Waals surface area contributed by atoms with E-state index >= 15 is 0 Å². The summed E-state index contributed by atoms with van der Waals surface area (Å²) in [6, 6.07) is 3.76. The SMILES string of the molecule is CNCCC=Cc1cc(C#N)cnc1Cl. The lowest BCUT2D eigenvalue weighted by atomic mass is 10.2. The van der Waals surface area contributed by atoms with Crippen molar-refractivity contribution in [1.82, 2.24) is 10.3 Å². The molecule has 1 aromatic rings. The van der Waals surface area contributed by atoms with Crippen molar-refractivity contribution in [3.05, 3.63) is 34.6 Å². The number of hydrogen-bond acceptors (Lipinski definition) is 3. The molecule has 1 N–H and O–H groups in total. The minimum Gasteiger partial charge on any atom is -0.319 e. The first-order chi connectivity index (χ1) is 7.27. The highest BCUT2D eigenvalue weighted by molar-refractivity contribution is 6.30. The number of aromatic nitrogens is 1. The van der Waals surface area contributed by atoms with Crippen LogP contribution in [0, 0.1) is 11.3 Å². The van der Waals surface area contributed by atoms with E-state index in [2.05, 4.69) is 10.3 Å². The number of hydrogen-bond donors (Lipinski definition) is 1. The lowest BCUT2D eigenvalue weighted by Crippen LogP contribution is -2.05. The zero-order valence-corrected chi connectivity index (χ0v) is 9.25. The summed E-state index contributed by atoms with van der Waals surface area (Å²) in [6.07, 6.45) is 6.27. The zero-order valence-electron chi connectivity index (χ0n) is 8.50. The van der Waals surface area contributed by atoms with Crippen molar-refractivity contribution in [2.24, 2.45) is 0 Å². The van der Waals surface area contributed by atoms with E-state index in [4.69, 9.17) is 16.9 Å². The van der Waals surface area contributed by atoms with Gasteiger partial charge in [-0.15, -0.1) is 0 Å². The monoisotopic (exact) mass is 221 g/mol. The third kappa shape index (κ3) is 3.70. The van der Waals surface area contributed by atoms with Crippen LogP contribution in [0.1, 0.15) is 17.5 Å². The quantitative estimate of drug-likeness (QED) is 0.627. The fraction of sp³-hybridized carbons (Fsp3) is 0.273. The maximum atomic E-state index is 8.70. The second-order valence-corrected chi connectivity index (χ2v) is 3.37. The summed E-state index contributed by atoms with van der Waals surface area (Å²) >= 11 is 5.88. The van der Waals surface area contributed by atoms with E-state index in [0.29, 0.717) is 10.7 Å². The second kappa shape index (κ2) is 6.18. The van der Waals surface area contributed by atoms with Gasteiger partial charge in [-0.2, -0.15) is 5.26 Å². The van der Waals surface area contributed by atoms with Gasteiger partial charge in [0.25, 0.3) is 0 Å². The molecular formula is C11H12ClN3. The molecule has 0 aliphatic carbocycles. The number of nitrogens with zero attached hydrogens (tertiary/aromatic N) is 2. The average Bonchev–Trinajstić information content (AvgIpc) is 2.26. The van der Waals surface area contributed by atoms with Gasteiger partial charge in [-0.1, -0.05) is 23.8 Å². The van der Waals surface area contributed by atoms with Crippen molar-refractivity contribution >= 4 is 17.7 Å². The maximum absolute atomic E-state index is 8.70. The highest BCUT2D eigenvalue weighted by Crippen LogP contribution is 2.15. The first kappa shape index (κ1) is 11.7. The molecule has 3 nitrogen and oxygen atoms in total. The van der Waals surface area contributed by atoms with Gasteiger partial charge in [-0.3, -0.25) is 0 Å². The van der Waals surface area contributed by atoms with E-state index in [0.717, 1.165) is 18.5 Å². The van der Waals surface area contributed by atoms with Crippen molar-refractivity contribution in [2.45, 2.75) is 6.42 Å². The number of pyridine rings is 1. The standard InChI is InChI=1S/C11H12ClN3/c1-14-5-3-2-4-10-6-9(7-13)8-15-11(10)12/h2,4,6,8,14H,3,5H2,1H3. The molecule has 0 atom stereocenters. The Morgan fingerprint density at radius 1 is 1.67 bits per heavy atom. The Labute approximate surface area is 94.4 Å². The first-order valence-corrected chi connectivity index (χ1v) is 5.02. The summed E-state index contributed by atoms with van der Waals surface area (Å²) in [7, 11) is 1.90. The second-order valence-electron chi connectivity index (χ2n) is 3.01. The molecule has 0 radical (unpaired) electrons. The number of halogens is 1. The van der Waals surface area contributed by atoms with Crippen LogP contribution in [0.3, 0.4) is 0 Å². The molecule has 1 aromatic heterocycles. The normalized spacial score (nSPS) is 10.5. The number of rotatable bonds is 4. The van der Waals surface area contributed by atoms with E-state index in [1.807, 2.05) is 25.3 Å². The molecule has 1 rings (SSSR count). The molecule has 0 aliphatic heterocycles. The van der Waals surface area contributed by atoms with Crippen molar-refractivity contribution in [1.29, 1.82) is 5.26 Å². The van der Waals surface area contributed by atoms with E-state index in [1.54, 1.807) is 6.07 Å². The summed E-state index contributed by atoms with van der Waals surface area (Å²) in [4.78, 5) is 3.92. The Hall–Kier alpha value is -1.37. The van der Waals surface area contributed by atoms with Gasteiger partial charge in [-0.05, 0) is 26.1 Å². The lowest BCUT2D eigenvalue weighted by Gasteiger charge is -1.97. The Bertz CT molecular complexity index is 393. The molecule has 0 aromatic carbocycles. The highest BCUT2D eigenvalue weighted by atomic mass is 35.5. The molecule has 0 unspecified atom stereocenters. The largest absolute Gasteiger partial charge is 0.319 e. The van der Waals surface area contributed by atoms with Gasteiger partial charge in [0.2, 0.25) is 0 Å². The minimum absolute atomic E-state index is 0.426. The molecule has 0 saturated carbocycles. The molecule has 0 saturated heterocycles. The van der Waals surface area contributed by atoms with Gasteiger partial charge >= 0.3 is 0 Å². The van der Waals surface area contributed by atoms with Crippen LogP contribution in [0.4, 0.5) is 0 Å².